The molecular weight excluding hydrogens is 417 g/mol. The fraction of sp³-hybridized carbons (Fsp3) is 0.519. The van der Waals surface area contributed by atoms with Crippen LogP contribution in [0.4, 0.5) is 9.18 Å². The molecule has 2 aromatic rings. The topological polar surface area (TPSA) is 44.8 Å². The number of benzene rings is 2. The molecule has 33 heavy (non-hydrogen) atoms. The largest absolute Gasteiger partial charge is 0.493 e. The van der Waals surface area contributed by atoms with E-state index in [1.807, 2.05) is 29.2 Å². The minimum Gasteiger partial charge on any atom is -0.493 e. The van der Waals surface area contributed by atoms with Crippen LogP contribution in [-0.2, 0) is 13.1 Å². The van der Waals surface area contributed by atoms with Crippen LogP contribution in [0.5, 0.6) is 5.75 Å². The normalized spacial score (nSPS) is 18.2. The molecule has 1 aliphatic rings. The van der Waals surface area contributed by atoms with E-state index in [1.54, 1.807) is 12.1 Å². The molecule has 5 nitrogen and oxygen atoms in total. The average molecular weight is 456 g/mol. The Morgan fingerprint density at radius 2 is 1.79 bits per heavy atom. The Kier molecular flexibility index (Phi) is 8.35. The minimum absolute atomic E-state index is 0.00998. The summed E-state index contributed by atoms with van der Waals surface area (Å²) in [6.07, 6.45) is 1.80. The van der Waals surface area contributed by atoms with E-state index in [0.29, 0.717) is 25.6 Å². The number of nitrogens with zero attached hydrogens (tertiary/aromatic N) is 2. The third-order valence-corrected chi connectivity index (χ3v) is 6.48. The molecule has 1 atom stereocenters. The number of piperidine rings is 1. The molecule has 6 heteroatoms. The maximum atomic E-state index is 13.4. The molecule has 0 aromatic heterocycles. The minimum atomic E-state index is -0.268. The van der Waals surface area contributed by atoms with Crippen LogP contribution >= 0.6 is 0 Å². The average Bonchev–Trinajstić information content (AvgIpc) is 2.78. The number of hydrogen-bond donors (Lipinski definition) is 1. The SMILES string of the molecule is CC(C)COc1ccc(CNC(=O)N(Cc2ccc(F)cc2)[C@@H]2CCN(C)C(C)(C)C2)cc1. The van der Waals surface area contributed by atoms with Crippen molar-refractivity contribution in [1.29, 1.82) is 0 Å². The second-order valence-corrected chi connectivity index (χ2v) is 10.1. The highest BCUT2D eigenvalue weighted by molar-refractivity contribution is 5.74. The van der Waals surface area contributed by atoms with Gasteiger partial charge in [0.1, 0.15) is 11.6 Å². The first-order valence-corrected chi connectivity index (χ1v) is 11.9. The number of carbonyl (C=O) groups is 1. The first-order valence-electron chi connectivity index (χ1n) is 11.9. The number of carbonyl (C=O) groups excluding carboxylic acids is 1. The van der Waals surface area contributed by atoms with Gasteiger partial charge in [0.25, 0.3) is 0 Å². The lowest BCUT2D eigenvalue weighted by molar-refractivity contribution is 0.0458. The fourth-order valence-electron chi connectivity index (χ4n) is 4.14. The van der Waals surface area contributed by atoms with Crippen LogP contribution in [0.15, 0.2) is 48.5 Å². The number of nitrogens with one attached hydrogen (secondary N) is 1. The standard InChI is InChI=1S/C27H38FN3O2/c1-20(2)19-33-25-12-8-21(9-13-25)17-29-26(32)31(18-22-6-10-23(28)11-7-22)24-14-15-30(5)27(3,4)16-24/h6-13,20,24H,14-19H2,1-5H3,(H,29,32)/t24-/m1/s1. The van der Waals surface area contributed by atoms with E-state index in [0.717, 1.165) is 36.3 Å². The Balaban J connectivity index is 1.67. The molecular formula is C27H38FN3O2. The van der Waals surface area contributed by atoms with Gasteiger partial charge in [-0.05, 0) is 75.0 Å². The summed E-state index contributed by atoms with van der Waals surface area (Å²) in [6, 6.07) is 14.3. The van der Waals surface area contributed by atoms with Gasteiger partial charge in [0, 0.05) is 31.2 Å². The van der Waals surface area contributed by atoms with Gasteiger partial charge in [0.15, 0.2) is 0 Å². The van der Waals surface area contributed by atoms with Crippen LogP contribution in [0, 0.1) is 11.7 Å². The molecule has 3 rings (SSSR count). The van der Waals surface area contributed by atoms with Crippen molar-refractivity contribution in [3.8, 4) is 5.75 Å². The van der Waals surface area contributed by atoms with Gasteiger partial charge in [-0.3, -0.25) is 0 Å². The lowest BCUT2D eigenvalue weighted by Gasteiger charge is -2.47. The van der Waals surface area contributed by atoms with Gasteiger partial charge in [-0.2, -0.15) is 0 Å². The van der Waals surface area contributed by atoms with Crippen LogP contribution in [0.1, 0.15) is 51.7 Å². The monoisotopic (exact) mass is 455 g/mol. The zero-order valence-electron chi connectivity index (χ0n) is 20.6. The van der Waals surface area contributed by atoms with Gasteiger partial charge in [0.2, 0.25) is 0 Å². The second kappa shape index (κ2) is 11.0. The Morgan fingerprint density at radius 3 is 2.39 bits per heavy atom. The van der Waals surface area contributed by atoms with Crippen molar-refractivity contribution in [2.75, 3.05) is 20.2 Å². The van der Waals surface area contributed by atoms with Crippen molar-refractivity contribution < 1.29 is 13.9 Å². The molecule has 0 radical (unpaired) electrons. The van der Waals surface area contributed by atoms with Crippen LogP contribution in [0.25, 0.3) is 0 Å². The van der Waals surface area contributed by atoms with E-state index in [1.165, 1.54) is 12.1 Å². The number of rotatable bonds is 8. The molecule has 1 N–H and O–H groups in total. The van der Waals surface area contributed by atoms with Crippen molar-refractivity contribution in [3.05, 3.63) is 65.5 Å². The number of likely N-dealkylation sites (tertiary alicyclic amines) is 1. The van der Waals surface area contributed by atoms with Crippen molar-refractivity contribution in [1.82, 2.24) is 15.1 Å². The van der Waals surface area contributed by atoms with E-state index in [-0.39, 0.29) is 23.4 Å². The van der Waals surface area contributed by atoms with E-state index in [2.05, 4.69) is 45.0 Å². The third-order valence-electron chi connectivity index (χ3n) is 6.48. The van der Waals surface area contributed by atoms with Crippen molar-refractivity contribution in [3.63, 3.8) is 0 Å². The van der Waals surface area contributed by atoms with Gasteiger partial charge >= 0.3 is 6.03 Å². The van der Waals surface area contributed by atoms with E-state index < -0.39 is 0 Å². The molecule has 0 saturated carbocycles. The van der Waals surface area contributed by atoms with Gasteiger partial charge in [-0.1, -0.05) is 38.1 Å². The predicted octanol–water partition coefficient (Wildman–Crippen LogP) is 5.45. The molecule has 0 bridgehead atoms. The summed E-state index contributed by atoms with van der Waals surface area (Å²) in [5, 5.41) is 3.09. The third kappa shape index (κ3) is 7.19. The number of ether oxygens (including phenoxy) is 1. The van der Waals surface area contributed by atoms with Crippen molar-refractivity contribution in [2.45, 2.75) is 65.2 Å². The zero-order chi connectivity index (χ0) is 24.0. The highest BCUT2D eigenvalue weighted by Gasteiger charge is 2.36. The van der Waals surface area contributed by atoms with Gasteiger partial charge in [-0.25, -0.2) is 9.18 Å². The highest BCUT2D eigenvalue weighted by atomic mass is 19.1. The summed E-state index contributed by atoms with van der Waals surface area (Å²) in [7, 11) is 2.13. The van der Waals surface area contributed by atoms with Crippen LogP contribution < -0.4 is 10.1 Å². The number of amides is 2. The van der Waals surface area contributed by atoms with E-state index in [4.69, 9.17) is 4.74 Å². The molecule has 2 aromatic carbocycles. The number of urea groups is 1. The lowest BCUT2D eigenvalue weighted by atomic mass is 9.86. The second-order valence-electron chi connectivity index (χ2n) is 10.1. The van der Waals surface area contributed by atoms with Crippen molar-refractivity contribution >= 4 is 6.03 Å². The molecule has 1 heterocycles. The molecule has 0 unspecified atom stereocenters. The molecule has 1 fully saturated rings. The van der Waals surface area contributed by atoms with Crippen LogP contribution in [0.3, 0.4) is 0 Å². The van der Waals surface area contributed by atoms with Crippen LogP contribution in [0.2, 0.25) is 0 Å². The zero-order valence-corrected chi connectivity index (χ0v) is 20.6. The van der Waals surface area contributed by atoms with Gasteiger partial charge in [-0.15, -0.1) is 0 Å². The van der Waals surface area contributed by atoms with E-state index >= 15 is 0 Å². The molecule has 1 aliphatic heterocycles. The Bertz CT molecular complexity index is 897. The summed E-state index contributed by atoms with van der Waals surface area (Å²) in [5.74, 6) is 1.04. The summed E-state index contributed by atoms with van der Waals surface area (Å²) in [4.78, 5) is 17.6. The maximum absolute atomic E-state index is 13.4. The lowest BCUT2D eigenvalue weighted by Crippen LogP contribution is -2.56. The fourth-order valence-corrected chi connectivity index (χ4v) is 4.14. The number of hydrogen-bond acceptors (Lipinski definition) is 3. The smallest absolute Gasteiger partial charge is 0.318 e. The molecule has 180 valence electrons. The molecule has 2 amide bonds. The highest BCUT2D eigenvalue weighted by Crippen LogP contribution is 2.30. The summed E-state index contributed by atoms with van der Waals surface area (Å²) < 4.78 is 19.1. The Hall–Kier alpha value is -2.60. The Morgan fingerprint density at radius 1 is 1.15 bits per heavy atom. The Labute approximate surface area is 197 Å². The van der Waals surface area contributed by atoms with Crippen LogP contribution in [-0.4, -0.2) is 47.6 Å². The van der Waals surface area contributed by atoms with Gasteiger partial charge in [0.05, 0.1) is 6.61 Å². The number of halogens is 1. The summed E-state index contributed by atoms with van der Waals surface area (Å²) >= 11 is 0. The van der Waals surface area contributed by atoms with Crippen molar-refractivity contribution in [2.24, 2.45) is 5.92 Å². The van der Waals surface area contributed by atoms with Gasteiger partial charge < -0.3 is 19.9 Å². The summed E-state index contributed by atoms with van der Waals surface area (Å²) in [6.45, 7) is 11.2. The molecule has 1 saturated heterocycles. The maximum Gasteiger partial charge on any atom is 0.318 e. The molecule has 0 aliphatic carbocycles. The first-order chi connectivity index (χ1) is 15.6. The van der Waals surface area contributed by atoms with E-state index in [9.17, 15) is 9.18 Å². The first kappa shape index (κ1) is 25.0. The molecule has 0 spiro atoms. The quantitative estimate of drug-likeness (QED) is 0.576. The summed E-state index contributed by atoms with van der Waals surface area (Å²) in [5.41, 5.74) is 1.96. The predicted molar refractivity (Wildman–Crippen MR) is 131 cm³/mol.